The zero-order valence-corrected chi connectivity index (χ0v) is 13.0. The van der Waals surface area contributed by atoms with Gasteiger partial charge in [0.1, 0.15) is 11.4 Å². The van der Waals surface area contributed by atoms with Gasteiger partial charge in [-0.3, -0.25) is 0 Å². The van der Waals surface area contributed by atoms with Gasteiger partial charge in [0.15, 0.2) is 0 Å². The summed E-state index contributed by atoms with van der Waals surface area (Å²) in [5.41, 5.74) is 1.97. The molecule has 0 saturated carbocycles. The lowest BCUT2D eigenvalue weighted by Gasteiger charge is -2.27. The van der Waals surface area contributed by atoms with Crippen molar-refractivity contribution in [2.45, 2.75) is 25.3 Å². The van der Waals surface area contributed by atoms with E-state index >= 15 is 0 Å². The number of carbonyl (C=O) groups excluding carboxylic acids is 1. The van der Waals surface area contributed by atoms with E-state index in [0.29, 0.717) is 24.5 Å². The maximum Gasteiger partial charge on any atom is 0.317 e. The molecule has 7 nitrogen and oxygen atoms in total. The number of aryl methyl sites for hydroxylation is 1. The number of benzene rings is 1. The summed E-state index contributed by atoms with van der Waals surface area (Å²) in [6, 6.07) is 9.69. The molecule has 1 atom stereocenters. The second kappa shape index (κ2) is 6.37. The van der Waals surface area contributed by atoms with E-state index in [1.54, 1.807) is 11.8 Å². The number of amides is 2. The van der Waals surface area contributed by atoms with E-state index in [4.69, 9.17) is 0 Å². The van der Waals surface area contributed by atoms with Crippen molar-refractivity contribution in [2.24, 2.45) is 0 Å². The van der Waals surface area contributed by atoms with Crippen LogP contribution >= 0.6 is 0 Å². The Bertz CT molecular complexity index is 673. The number of nitrogens with one attached hydrogen (secondary N) is 1. The lowest BCUT2D eigenvalue weighted by molar-refractivity contribution is 0.182. The molecule has 1 unspecified atom stereocenters. The Morgan fingerprint density at radius 1 is 1.39 bits per heavy atom. The van der Waals surface area contributed by atoms with Gasteiger partial charge >= 0.3 is 6.03 Å². The molecule has 1 aromatic carbocycles. The van der Waals surface area contributed by atoms with E-state index in [2.05, 4.69) is 20.3 Å². The number of nitrogens with zero attached hydrogens (tertiary/aromatic N) is 3. The SMILES string of the molecule is Cc1nonc1CNC(=O)N1CCC(CO)(c2ccccc2)C1. The van der Waals surface area contributed by atoms with Gasteiger partial charge in [0.2, 0.25) is 0 Å². The highest BCUT2D eigenvalue weighted by atomic mass is 16.6. The first-order valence-corrected chi connectivity index (χ1v) is 7.62. The molecule has 1 aromatic heterocycles. The lowest BCUT2D eigenvalue weighted by atomic mass is 9.80. The third kappa shape index (κ3) is 3.05. The summed E-state index contributed by atoms with van der Waals surface area (Å²) in [5.74, 6) is 0. The van der Waals surface area contributed by atoms with Crippen LogP contribution in [0.25, 0.3) is 0 Å². The van der Waals surface area contributed by atoms with Crippen molar-refractivity contribution >= 4 is 6.03 Å². The Morgan fingerprint density at radius 2 is 2.17 bits per heavy atom. The number of aromatic nitrogens is 2. The molecule has 2 heterocycles. The quantitative estimate of drug-likeness (QED) is 0.885. The van der Waals surface area contributed by atoms with E-state index in [1.807, 2.05) is 30.3 Å². The van der Waals surface area contributed by atoms with Gasteiger partial charge in [-0.15, -0.1) is 0 Å². The second-order valence-corrected chi connectivity index (χ2v) is 5.93. The van der Waals surface area contributed by atoms with Crippen LogP contribution in [0.3, 0.4) is 0 Å². The Hall–Kier alpha value is -2.41. The van der Waals surface area contributed by atoms with Gasteiger partial charge in [0.25, 0.3) is 0 Å². The predicted octanol–water partition coefficient (Wildman–Crippen LogP) is 1.22. The highest BCUT2D eigenvalue weighted by Gasteiger charge is 2.40. The second-order valence-electron chi connectivity index (χ2n) is 5.93. The van der Waals surface area contributed by atoms with Gasteiger partial charge in [-0.25, -0.2) is 9.42 Å². The minimum atomic E-state index is -0.385. The first-order valence-electron chi connectivity index (χ1n) is 7.62. The fourth-order valence-electron chi connectivity index (χ4n) is 2.97. The molecule has 122 valence electrons. The molecular formula is C16H20N4O3. The molecule has 0 bridgehead atoms. The van der Waals surface area contributed by atoms with Crippen molar-refractivity contribution in [3.8, 4) is 0 Å². The van der Waals surface area contributed by atoms with Crippen LogP contribution in [-0.4, -0.2) is 46.0 Å². The summed E-state index contributed by atoms with van der Waals surface area (Å²) in [6.07, 6.45) is 0.742. The summed E-state index contributed by atoms with van der Waals surface area (Å²) >= 11 is 0. The topological polar surface area (TPSA) is 91.5 Å². The number of rotatable bonds is 4. The van der Waals surface area contributed by atoms with E-state index in [9.17, 15) is 9.90 Å². The minimum Gasteiger partial charge on any atom is -0.395 e. The molecule has 1 saturated heterocycles. The third-order valence-corrected chi connectivity index (χ3v) is 4.48. The van der Waals surface area contributed by atoms with Crippen LogP contribution in [0.1, 0.15) is 23.4 Å². The van der Waals surface area contributed by atoms with E-state index in [-0.39, 0.29) is 24.6 Å². The monoisotopic (exact) mass is 316 g/mol. The van der Waals surface area contributed by atoms with Gasteiger partial charge in [-0.2, -0.15) is 0 Å². The normalized spacial score (nSPS) is 20.7. The number of urea groups is 1. The average molecular weight is 316 g/mol. The summed E-state index contributed by atoms with van der Waals surface area (Å²) in [6.45, 7) is 3.18. The van der Waals surface area contributed by atoms with Gasteiger partial charge in [0, 0.05) is 18.5 Å². The predicted molar refractivity (Wildman–Crippen MR) is 82.7 cm³/mol. The van der Waals surface area contributed by atoms with E-state index in [1.165, 1.54) is 0 Å². The highest BCUT2D eigenvalue weighted by molar-refractivity contribution is 5.74. The first kappa shape index (κ1) is 15.5. The Balaban J connectivity index is 1.64. The maximum atomic E-state index is 12.3. The number of hydrogen-bond acceptors (Lipinski definition) is 5. The standard InChI is InChI=1S/C16H20N4O3/c1-12-14(19-23-18-12)9-17-15(22)20-8-7-16(10-20,11-21)13-5-3-2-4-6-13/h2-6,21H,7-11H2,1H3,(H,17,22). The molecule has 1 aliphatic rings. The highest BCUT2D eigenvalue weighted by Crippen LogP contribution is 2.34. The largest absolute Gasteiger partial charge is 0.395 e. The number of aliphatic hydroxyl groups excluding tert-OH is 1. The van der Waals surface area contributed by atoms with Gasteiger partial charge in [-0.05, 0) is 18.9 Å². The van der Waals surface area contributed by atoms with Crippen LogP contribution < -0.4 is 5.32 Å². The first-order chi connectivity index (χ1) is 11.1. The smallest absolute Gasteiger partial charge is 0.317 e. The molecule has 3 rings (SSSR count). The zero-order valence-electron chi connectivity index (χ0n) is 13.0. The van der Waals surface area contributed by atoms with Crippen molar-refractivity contribution in [1.29, 1.82) is 0 Å². The minimum absolute atomic E-state index is 0.0209. The maximum absolute atomic E-state index is 12.3. The molecule has 1 fully saturated rings. The third-order valence-electron chi connectivity index (χ3n) is 4.48. The summed E-state index contributed by atoms with van der Waals surface area (Å²) in [4.78, 5) is 14.1. The number of hydrogen-bond donors (Lipinski definition) is 2. The molecule has 0 spiro atoms. The molecule has 2 N–H and O–H groups in total. The van der Waals surface area contributed by atoms with Crippen LogP contribution in [0.5, 0.6) is 0 Å². The van der Waals surface area contributed by atoms with E-state index < -0.39 is 0 Å². The number of likely N-dealkylation sites (tertiary alicyclic amines) is 1. The lowest BCUT2D eigenvalue weighted by Crippen LogP contribution is -2.41. The van der Waals surface area contributed by atoms with Crippen molar-refractivity contribution in [2.75, 3.05) is 19.7 Å². The van der Waals surface area contributed by atoms with Gasteiger partial charge in [-0.1, -0.05) is 40.6 Å². The fraction of sp³-hybridized carbons (Fsp3) is 0.438. The van der Waals surface area contributed by atoms with E-state index in [0.717, 1.165) is 12.0 Å². The summed E-state index contributed by atoms with van der Waals surface area (Å²) in [5, 5.41) is 20.2. The van der Waals surface area contributed by atoms with Crippen LogP contribution in [0.2, 0.25) is 0 Å². The fourth-order valence-corrected chi connectivity index (χ4v) is 2.97. The van der Waals surface area contributed by atoms with Crippen molar-refractivity contribution in [1.82, 2.24) is 20.5 Å². The molecule has 7 heteroatoms. The Kier molecular flexibility index (Phi) is 4.29. The molecule has 23 heavy (non-hydrogen) atoms. The van der Waals surface area contributed by atoms with Crippen molar-refractivity contribution in [3.63, 3.8) is 0 Å². The summed E-state index contributed by atoms with van der Waals surface area (Å²) < 4.78 is 4.61. The van der Waals surface area contributed by atoms with Crippen molar-refractivity contribution < 1.29 is 14.5 Å². The molecule has 2 aromatic rings. The molecular weight excluding hydrogens is 296 g/mol. The van der Waals surface area contributed by atoms with Crippen LogP contribution in [0, 0.1) is 6.92 Å². The molecule has 0 aliphatic carbocycles. The molecule has 0 radical (unpaired) electrons. The average Bonchev–Trinajstić information content (AvgIpc) is 3.21. The Labute approximate surface area is 134 Å². The van der Waals surface area contributed by atoms with Crippen LogP contribution in [0.15, 0.2) is 35.0 Å². The number of aliphatic hydroxyl groups is 1. The van der Waals surface area contributed by atoms with Gasteiger partial charge < -0.3 is 15.3 Å². The van der Waals surface area contributed by atoms with Crippen LogP contribution in [-0.2, 0) is 12.0 Å². The number of carbonyl (C=O) groups is 1. The summed E-state index contributed by atoms with van der Waals surface area (Å²) in [7, 11) is 0. The van der Waals surface area contributed by atoms with Gasteiger partial charge in [0.05, 0.1) is 13.2 Å². The Morgan fingerprint density at radius 3 is 2.83 bits per heavy atom. The molecule has 2 amide bonds. The molecule has 1 aliphatic heterocycles. The zero-order chi connectivity index (χ0) is 16.3. The van der Waals surface area contributed by atoms with Crippen LogP contribution in [0.4, 0.5) is 4.79 Å². The van der Waals surface area contributed by atoms with Crippen molar-refractivity contribution in [3.05, 3.63) is 47.3 Å².